The van der Waals surface area contributed by atoms with Gasteiger partial charge in [-0.15, -0.1) is 0 Å². The Hall–Kier alpha value is -5.32. The molecule has 0 radical (unpaired) electrons. The van der Waals surface area contributed by atoms with Crippen molar-refractivity contribution in [3.63, 3.8) is 0 Å². The maximum absolute atomic E-state index is 13.0. The number of unbranched alkanes of at least 4 members (excludes halogenated alkanes) is 1. The van der Waals surface area contributed by atoms with Gasteiger partial charge in [-0.05, 0) is 53.9 Å². The van der Waals surface area contributed by atoms with E-state index in [-0.39, 0.29) is 5.91 Å². The molecule has 218 valence electrons. The van der Waals surface area contributed by atoms with Crippen molar-refractivity contribution in [1.29, 1.82) is 0 Å². The summed E-state index contributed by atoms with van der Waals surface area (Å²) in [6.07, 6.45) is 4.35. The van der Waals surface area contributed by atoms with Crippen LogP contribution in [0.5, 0.6) is 0 Å². The minimum atomic E-state index is -0.581. The van der Waals surface area contributed by atoms with Crippen molar-refractivity contribution < 1.29 is 28.7 Å². The van der Waals surface area contributed by atoms with Crippen LogP contribution in [-0.2, 0) is 23.6 Å². The smallest absolute Gasteiger partial charge is 0.411 e. The van der Waals surface area contributed by atoms with E-state index in [2.05, 4.69) is 16.0 Å². The summed E-state index contributed by atoms with van der Waals surface area (Å²) < 4.78 is 13.1. The Morgan fingerprint density at radius 1 is 0.738 bits per heavy atom. The third kappa shape index (κ3) is 7.25. The number of methoxy groups -OCH3 is 1. The van der Waals surface area contributed by atoms with Crippen LogP contribution >= 0.6 is 0 Å². The molecule has 2 aromatic carbocycles. The highest BCUT2D eigenvalue weighted by Gasteiger charge is 2.17. The number of hydrogen-bond acceptors (Lipinski definition) is 6. The van der Waals surface area contributed by atoms with E-state index < -0.39 is 18.0 Å². The number of esters is 1. The number of hydrogen-bond donors (Lipinski definition) is 3. The second kappa shape index (κ2) is 13.4. The molecule has 4 rings (SSSR count). The maximum Gasteiger partial charge on any atom is 0.411 e. The average Bonchev–Trinajstić information content (AvgIpc) is 3.54. The highest BCUT2D eigenvalue weighted by atomic mass is 16.5. The van der Waals surface area contributed by atoms with E-state index in [4.69, 9.17) is 9.47 Å². The Morgan fingerprint density at radius 2 is 1.33 bits per heavy atom. The first-order chi connectivity index (χ1) is 20.2. The molecule has 2 aromatic heterocycles. The number of amides is 3. The predicted octanol–water partition coefficient (Wildman–Crippen LogP) is 5.67. The number of rotatable bonds is 10. The monoisotopic (exact) mass is 571 g/mol. The van der Waals surface area contributed by atoms with E-state index in [9.17, 15) is 19.2 Å². The highest BCUT2D eigenvalue weighted by molar-refractivity contribution is 6.07. The van der Waals surface area contributed by atoms with Crippen molar-refractivity contribution in [2.24, 2.45) is 14.1 Å². The third-order valence-electron chi connectivity index (χ3n) is 6.47. The lowest BCUT2D eigenvalue weighted by molar-refractivity contribution is 0.0600. The van der Waals surface area contributed by atoms with Gasteiger partial charge in [-0.25, -0.2) is 9.59 Å². The molecular weight excluding hydrogens is 538 g/mol. The van der Waals surface area contributed by atoms with Gasteiger partial charge < -0.3 is 29.2 Å². The quantitative estimate of drug-likeness (QED) is 0.166. The van der Waals surface area contributed by atoms with Crippen LogP contribution in [0.25, 0.3) is 11.1 Å². The fourth-order valence-electron chi connectivity index (χ4n) is 4.26. The number of carbonyl (C=O) groups is 4. The summed E-state index contributed by atoms with van der Waals surface area (Å²) in [4.78, 5) is 49.7. The summed E-state index contributed by atoms with van der Waals surface area (Å²) in [5.41, 5.74) is 4.25. The Bertz CT molecular complexity index is 1600. The largest absolute Gasteiger partial charge is 0.465 e. The van der Waals surface area contributed by atoms with Gasteiger partial charge in [-0.3, -0.25) is 14.9 Å². The number of ether oxygens (including phenoxy) is 2. The van der Waals surface area contributed by atoms with Crippen molar-refractivity contribution in [3.05, 3.63) is 90.0 Å². The molecular formula is C31H33N5O6. The number of nitrogens with one attached hydrogen (secondary N) is 3. The van der Waals surface area contributed by atoms with Gasteiger partial charge in [0.25, 0.3) is 11.8 Å². The zero-order valence-electron chi connectivity index (χ0n) is 23.9. The molecule has 0 saturated carbocycles. The molecule has 0 saturated heterocycles. The summed E-state index contributed by atoms with van der Waals surface area (Å²) in [5, 5.41) is 8.27. The number of carbonyl (C=O) groups excluding carboxylic acids is 4. The summed E-state index contributed by atoms with van der Waals surface area (Å²) in [5.74, 6) is -1.18. The Morgan fingerprint density at radius 3 is 1.93 bits per heavy atom. The SMILES string of the molecule is CCCCOC(=O)Nc1cc(C(=O)Nc2cc(C(=O)Nc3ccc(-c4cccc(C(=O)OC)c4)cc3)n(C)c2)n(C)c1. The van der Waals surface area contributed by atoms with Gasteiger partial charge in [-0.2, -0.15) is 0 Å². The topological polar surface area (TPSA) is 133 Å². The van der Waals surface area contributed by atoms with Gasteiger partial charge in [-0.1, -0.05) is 37.6 Å². The van der Waals surface area contributed by atoms with Crippen molar-refractivity contribution in [2.75, 3.05) is 29.7 Å². The first kappa shape index (κ1) is 29.7. The molecule has 0 spiro atoms. The summed E-state index contributed by atoms with van der Waals surface area (Å²) in [7, 11) is 4.73. The molecule has 2 heterocycles. The molecule has 0 aliphatic rings. The van der Waals surface area contributed by atoms with Gasteiger partial charge in [0.2, 0.25) is 0 Å². The Labute approximate surface area is 243 Å². The standard InChI is InChI=1S/C31H33N5O6/c1-5-6-14-42-31(40)34-25-17-27(36(3)19-25)29(38)33-24-16-26(35(2)18-24)28(37)32-23-12-10-20(11-13-23)21-8-7-9-22(15-21)30(39)41-4/h7-13,15-19H,5-6,14H2,1-4H3,(H,32,37)(H,33,38)(H,34,40). The molecule has 3 N–H and O–H groups in total. The molecule has 11 heteroatoms. The van der Waals surface area contributed by atoms with Crippen LogP contribution < -0.4 is 16.0 Å². The summed E-state index contributed by atoms with van der Waals surface area (Å²) >= 11 is 0. The van der Waals surface area contributed by atoms with Crippen molar-refractivity contribution in [3.8, 4) is 11.1 Å². The van der Waals surface area contributed by atoms with Gasteiger partial charge >= 0.3 is 12.1 Å². The third-order valence-corrected chi connectivity index (χ3v) is 6.47. The van der Waals surface area contributed by atoms with Gasteiger partial charge in [0.1, 0.15) is 11.4 Å². The second-order valence-electron chi connectivity index (χ2n) is 9.62. The van der Waals surface area contributed by atoms with Crippen molar-refractivity contribution >= 4 is 40.9 Å². The minimum absolute atomic E-state index is 0.311. The number of anilines is 3. The predicted molar refractivity (Wildman–Crippen MR) is 160 cm³/mol. The lowest BCUT2D eigenvalue weighted by Gasteiger charge is -2.08. The van der Waals surface area contributed by atoms with Crippen molar-refractivity contribution in [2.45, 2.75) is 19.8 Å². The number of aryl methyl sites for hydroxylation is 2. The first-order valence-electron chi connectivity index (χ1n) is 13.4. The number of aromatic nitrogens is 2. The van der Waals surface area contributed by atoms with Crippen LogP contribution in [0.1, 0.15) is 51.1 Å². The molecule has 11 nitrogen and oxygen atoms in total. The lowest BCUT2D eigenvalue weighted by atomic mass is 10.0. The molecule has 0 aliphatic carbocycles. The molecule has 3 amide bonds. The molecule has 0 fully saturated rings. The van der Waals surface area contributed by atoms with Crippen molar-refractivity contribution in [1.82, 2.24) is 9.13 Å². The lowest BCUT2D eigenvalue weighted by Crippen LogP contribution is -2.15. The zero-order chi connectivity index (χ0) is 30.2. The van der Waals surface area contributed by atoms with Crippen LogP contribution in [0.15, 0.2) is 73.1 Å². The van der Waals surface area contributed by atoms with Crippen LogP contribution in [0.2, 0.25) is 0 Å². The number of benzene rings is 2. The summed E-state index contributed by atoms with van der Waals surface area (Å²) in [6, 6.07) is 17.4. The van der Waals surface area contributed by atoms with Gasteiger partial charge in [0.15, 0.2) is 0 Å². The fourth-order valence-corrected chi connectivity index (χ4v) is 4.26. The molecule has 4 aromatic rings. The van der Waals surface area contributed by atoms with E-state index in [0.717, 1.165) is 24.0 Å². The molecule has 0 bridgehead atoms. The minimum Gasteiger partial charge on any atom is -0.465 e. The van der Waals surface area contributed by atoms with Crippen LogP contribution in [0, 0.1) is 0 Å². The second-order valence-corrected chi connectivity index (χ2v) is 9.62. The molecule has 0 unspecified atom stereocenters. The average molecular weight is 572 g/mol. The molecule has 0 atom stereocenters. The fraction of sp³-hybridized carbons (Fsp3) is 0.226. The molecule has 0 aliphatic heterocycles. The van der Waals surface area contributed by atoms with Crippen LogP contribution in [0.3, 0.4) is 0 Å². The van der Waals surface area contributed by atoms with E-state index in [1.165, 1.54) is 7.11 Å². The van der Waals surface area contributed by atoms with Gasteiger partial charge in [0, 0.05) is 32.2 Å². The normalized spacial score (nSPS) is 10.6. The van der Waals surface area contributed by atoms with Crippen LogP contribution in [-0.4, -0.2) is 46.7 Å². The first-order valence-corrected chi connectivity index (χ1v) is 13.4. The van der Waals surface area contributed by atoms with Crippen LogP contribution in [0.4, 0.5) is 21.9 Å². The van der Waals surface area contributed by atoms with E-state index in [1.54, 1.807) is 78.1 Å². The van der Waals surface area contributed by atoms with E-state index >= 15 is 0 Å². The van der Waals surface area contributed by atoms with E-state index in [1.807, 2.05) is 25.1 Å². The Balaban J connectivity index is 1.38. The molecule has 42 heavy (non-hydrogen) atoms. The summed E-state index contributed by atoms with van der Waals surface area (Å²) in [6.45, 7) is 2.33. The van der Waals surface area contributed by atoms with Gasteiger partial charge in [0.05, 0.1) is 30.7 Å². The Kier molecular flexibility index (Phi) is 9.43. The number of nitrogens with zero attached hydrogens (tertiary/aromatic N) is 2. The maximum atomic E-state index is 13.0. The van der Waals surface area contributed by atoms with E-state index in [0.29, 0.717) is 40.6 Å². The highest BCUT2D eigenvalue weighted by Crippen LogP contribution is 2.24. The zero-order valence-corrected chi connectivity index (χ0v) is 23.9.